The van der Waals surface area contributed by atoms with Crippen LogP contribution in [0.3, 0.4) is 0 Å². The fourth-order valence-corrected chi connectivity index (χ4v) is 2.61. The summed E-state index contributed by atoms with van der Waals surface area (Å²) in [6.07, 6.45) is 5.47. The van der Waals surface area contributed by atoms with Gasteiger partial charge in [-0.25, -0.2) is 15.0 Å². The van der Waals surface area contributed by atoms with E-state index < -0.39 is 0 Å². The minimum atomic E-state index is -0.216. The van der Waals surface area contributed by atoms with Crippen molar-refractivity contribution in [2.45, 2.75) is 26.3 Å². The predicted octanol–water partition coefficient (Wildman–Crippen LogP) is 1.80. The Labute approximate surface area is 141 Å². The van der Waals surface area contributed by atoms with Crippen molar-refractivity contribution in [2.75, 3.05) is 24.6 Å². The molecule has 1 aliphatic heterocycles. The third kappa shape index (κ3) is 3.98. The summed E-state index contributed by atoms with van der Waals surface area (Å²) in [7, 11) is 0. The first-order valence-corrected chi connectivity index (χ1v) is 8.19. The number of ether oxygens (including phenoxy) is 1. The minimum absolute atomic E-state index is 0.216. The molecule has 2 aromatic rings. The van der Waals surface area contributed by atoms with Crippen LogP contribution in [0, 0.1) is 0 Å². The Morgan fingerprint density at radius 2 is 2.08 bits per heavy atom. The highest BCUT2D eigenvalue weighted by atomic mass is 16.5. The molecule has 0 aliphatic carbocycles. The summed E-state index contributed by atoms with van der Waals surface area (Å²) >= 11 is 0. The quantitative estimate of drug-likeness (QED) is 0.871. The highest BCUT2D eigenvalue weighted by molar-refractivity contribution is 5.92. The van der Waals surface area contributed by atoms with E-state index in [1.165, 1.54) is 6.33 Å². The zero-order chi connectivity index (χ0) is 16.8. The number of pyridine rings is 1. The summed E-state index contributed by atoms with van der Waals surface area (Å²) in [5.41, 5.74) is 1.28. The first-order valence-electron chi connectivity index (χ1n) is 8.19. The molecule has 1 N–H and O–H groups in total. The average molecular weight is 327 g/mol. The van der Waals surface area contributed by atoms with Crippen LogP contribution < -0.4 is 15.0 Å². The molecule has 7 heteroatoms. The maximum absolute atomic E-state index is 12.3. The highest BCUT2D eigenvalue weighted by Gasteiger charge is 2.16. The molecule has 0 spiro atoms. The Kier molecular flexibility index (Phi) is 5.20. The van der Waals surface area contributed by atoms with Crippen molar-refractivity contribution in [1.29, 1.82) is 0 Å². The van der Waals surface area contributed by atoms with Gasteiger partial charge in [0.25, 0.3) is 5.91 Å². The van der Waals surface area contributed by atoms with E-state index in [1.54, 1.807) is 18.3 Å². The van der Waals surface area contributed by atoms with Gasteiger partial charge in [-0.2, -0.15) is 0 Å². The lowest BCUT2D eigenvalue weighted by Gasteiger charge is -2.16. The van der Waals surface area contributed by atoms with Gasteiger partial charge in [0.15, 0.2) is 0 Å². The maximum Gasteiger partial charge on any atom is 0.270 e. The van der Waals surface area contributed by atoms with Gasteiger partial charge in [0.2, 0.25) is 5.88 Å². The number of carbonyl (C=O) groups excluding carboxylic acids is 1. The van der Waals surface area contributed by atoms with Crippen LogP contribution >= 0.6 is 0 Å². The van der Waals surface area contributed by atoms with E-state index in [0.29, 0.717) is 24.7 Å². The number of hydrogen-bond donors (Lipinski definition) is 1. The number of rotatable bonds is 6. The molecule has 1 fully saturated rings. The zero-order valence-corrected chi connectivity index (χ0v) is 13.7. The van der Waals surface area contributed by atoms with Crippen molar-refractivity contribution < 1.29 is 9.53 Å². The molecule has 0 atom stereocenters. The Balaban J connectivity index is 1.59. The highest BCUT2D eigenvalue weighted by Crippen LogP contribution is 2.17. The summed E-state index contributed by atoms with van der Waals surface area (Å²) in [6.45, 7) is 4.84. The fraction of sp³-hybridized carbons (Fsp3) is 0.412. The van der Waals surface area contributed by atoms with E-state index in [-0.39, 0.29) is 5.91 Å². The molecule has 24 heavy (non-hydrogen) atoms. The largest absolute Gasteiger partial charge is 0.478 e. The molecule has 0 unspecified atom stereocenters. The van der Waals surface area contributed by atoms with Gasteiger partial charge in [0.05, 0.1) is 6.61 Å². The van der Waals surface area contributed by atoms with E-state index in [0.717, 1.165) is 37.3 Å². The fourth-order valence-electron chi connectivity index (χ4n) is 2.61. The average Bonchev–Trinajstić information content (AvgIpc) is 3.16. The van der Waals surface area contributed by atoms with Crippen molar-refractivity contribution in [1.82, 2.24) is 20.3 Å². The van der Waals surface area contributed by atoms with Crippen LogP contribution in [0.5, 0.6) is 5.88 Å². The van der Waals surface area contributed by atoms with Gasteiger partial charge in [-0.15, -0.1) is 0 Å². The molecular weight excluding hydrogens is 306 g/mol. The molecule has 0 bridgehead atoms. The second-order valence-corrected chi connectivity index (χ2v) is 5.58. The Hall–Kier alpha value is -2.70. The van der Waals surface area contributed by atoms with Gasteiger partial charge in [-0.1, -0.05) is 6.07 Å². The summed E-state index contributed by atoms with van der Waals surface area (Å²) in [6, 6.07) is 5.42. The molecule has 0 aromatic carbocycles. The molecule has 1 saturated heterocycles. The molecule has 126 valence electrons. The second-order valence-electron chi connectivity index (χ2n) is 5.58. The number of amides is 1. The molecular formula is C17H21N5O2. The van der Waals surface area contributed by atoms with Gasteiger partial charge >= 0.3 is 0 Å². The Morgan fingerprint density at radius 3 is 2.79 bits per heavy atom. The van der Waals surface area contributed by atoms with Crippen LogP contribution in [-0.4, -0.2) is 40.6 Å². The minimum Gasteiger partial charge on any atom is -0.478 e. The van der Waals surface area contributed by atoms with Crippen LogP contribution in [0.1, 0.15) is 35.8 Å². The molecule has 3 heterocycles. The lowest BCUT2D eigenvalue weighted by Crippen LogP contribution is -2.25. The van der Waals surface area contributed by atoms with Crippen LogP contribution in [0.15, 0.2) is 30.7 Å². The smallest absolute Gasteiger partial charge is 0.270 e. The van der Waals surface area contributed by atoms with E-state index in [1.807, 2.05) is 13.0 Å². The molecule has 0 radical (unpaired) electrons. The summed E-state index contributed by atoms with van der Waals surface area (Å²) in [5.74, 6) is 1.18. The van der Waals surface area contributed by atoms with Crippen LogP contribution in [0.2, 0.25) is 0 Å². The van der Waals surface area contributed by atoms with E-state index in [9.17, 15) is 4.79 Å². The molecule has 1 amide bonds. The SMILES string of the molecule is CCOc1ccc(CNC(=O)c2cc(N3CCCC3)ncn2)cn1. The number of aromatic nitrogens is 3. The maximum atomic E-state index is 12.3. The third-order valence-electron chi connectivity index (χ3n) is 3.86. The summed E-state index contributed by atoms with van der Waals surface area (Å²) in [5, 5.41) is 2.86. The zero-order valence-electron chi connectivity index (χ0n) is 13.7. The van der Waals surface area contributed by atoms with E-state index in [4.69, 9.17) is 4.74 Å². The van der Waals surface area contributed by atoms with E-state index >= 15 is 0 Å². The molecule has 0 saturated carbocycles. The van der Waals surface area contributed by atoms with Gasteiger partial charge in [0, 0.05) is 38.0 Å². The molecule has 1 aliphatic rings. The first-order chi connectivity index (χ1) is 11.8. The summed E-state index contributed by atoms with van der Waals surface area (Å²) in [4.78, 5) is 27.0. The number of carbonyl (C=O) groups is 1. The number of anilines is 1. The first kappa shape index (κ1) is 16.2. The number of hydrogen-bond acceptors (Lipinski definition) is 6. The second kappa shape index (κ2) is 7.72. The topological polar surface area (TPSA) is 80.2 Å². The van der Waals surface area contributed by atoms with Crippen molar-refractivity contribution in [2.24, 2.45) is 0 Å². The lowest BCUT2D eigenvalue weighted by atomic mass is 10.2. The van der Waals surface area contributed by atoms with Crippen molar-refractivity contribution in [3.63, 3.8) is 0 Å². The van der Waals surface area contributed by atoms with E-state index in [2.05, 4.69) is 25.2 Å². The standard InChI is InChI=1S/C17H21N5O2/c1-2-24-16-6-5-13(10-18-16)11-19-17(23)14-9-15(21-12-20-14)22-7-3-4-8-22/h5-6,9-10,12H,2-4,7-8,11H2,1H3,(H,19,23). The van der Waals surface area contributed by atoms with Gasteiger partial charge in [-0.05, 0) is 25.3 Å². The molecule has 2 aromatic heterocycles. The monoisotopic (exact) mass is 327 g/mol. The van der Waals surface area contributed by atoms with Crippen LogP contribution in [0.4, 0.5) is 5.82 Å². The van der Waals surface area contributed by atoms with Crippen molar-refractivity contribution in [3.8, 4) is 5.88 Å². The van der Waals surface area contributed by atoms with Gasteiger partial charge in [0.1, 0.15) is 17.8 Å². The predicted molar refractivity (Wildman–Crippen MR) is 90.1 cm³/mol. The molecule has 3 rings (SSSR count). The van der Waals surface area contributed by atoms with Crippen molar-refractivity contribution in [3.05, 3.63) is 42.0 Å². The van der Waals surface area contributed by atoms with Gasteiger partial charge in [-0.3, -0.25) is 4.79 Å². The Bertz CT molecular complexity index is 684. The number of nitrogens with zero attached hydrogens (tertiary/aromatic N) is 4. The van der Waals surface area contributed by atoms with Gasteiger partial charge < -0.3 is 15.0 Å². The van der Waals surface area contributed by atoms with Crippen LogP contribution in [-0.2, 0) is 6.54 Å². The normalized spacial score (nSPS) is 13.8. The van der Waals surface area contributed by atoms with Crippen molar-refractivity contribution >= 4 is 11.7 Å². The third-order valence-corrected chi connectivity index (χ3v) is 3.86. The number of nitrogens with one attached hydrogen (secondary N) is 1. The Morgan fingerprint density at radius 1 is 1.25 bits per heavy atom. The lowest BCUT2D eigenvalue weighted by molar-refractivity contribution is 0.0945. The van der Waals surface area contributed by atoms with Crippen LogP contribution in [0.25, 0.3) is 0 Å². The summed E-state index contributed by atoms with van der Waals surface area (Å²) < 4.78 is 5.30. The molecule has 7 nitrogen and oxygen atoms in total.